The third-order valence-corrected chi connectivity index (χ3v) is 6.69. The second-order valence-electron chi connectivity index (χ2n) is 9.04. The molecule has 1 aliphatic heterocycles. The van der Waals surface area contributed by atoms with E-state index in [2.05, 4.69) is 20.0 Å². The van der Waals surface area contributed by atoms with Crippen LogP contribution in [0.2, 0.25) is 0 Å². The Morgan fingerprint density at radius 3 is 2.60 bits per heavy atom. The van der Waals surface area contributed by atoms with Gasteiger partial charge in [-0.15, -0.1) is 0 Å². The first-order valence-electron chi connectivity index (χ1n) is 11.9. The first-order valence-corrected chi connectivity index (χ1v) is 11.9. The highest BCUT2D eigenvalue weighted by molar-refractivity contribution is 6.13. The zero-order chi connectivity index (χ0) is 23.9. The second-order valence-corrected chi connectivity index (χ2v) is 9.04. The number of fused-ring (bicyclic) bond motifs is 2. The summed E-state index contributed by atoms with van der Waals surface area (Å²) in [4.78, 5) is 22.9. The minimum absolute atomic E-state index is 0.184. The van der Waals surface area contributed by atoms with Gasteiger partial charge in [-0.25, -0.2) is 9.97 Å². The van der Waals surface area contributed by atoms with Crippen LogP contribution in [0.3, 0.4) is 0 Å². The van der Waals surface area contributed by atoms with Crippen molar-refractivity contribution in [1.29, 1.82) is 0 Å². The van der Waals surface area contributed by atoms with Crippen molar-refractivity contribution in [3.8, 4) is 22.6 Å². The van der Waals surface area contributed by atoms with Crippen LogP contribution in [0.25, 0.3) is 33.7 Å². The van der Waals surface area contributed by atoms with E-state index >= 15 is 0 Å². The molecule has 0 atom stereocenters. The third-order valence-electron chi connectivity index (χ3n) is 6.69. The summed E-state index contributed by atoms with van der Waals surface area (Å²) in [7, 11) is 1.85. The fraction of sp³-hybridized carbons (Fsp3) is 0.214. The van der Waals surface area contributed by atoms with Gasteiger partial charge < -0.3 is 9.88 Å². The lowest BCUT2D eigenvalue weighted by Crippen LogP contribution is -2.13. The van der Waals surface area contributed by atoms with E-state index in [0.717, 1.165) is 52.4 Å². The first-order chi connectivity index (χ1) is 17.1. The van der Waals surface area contributed by atoms with Gasteiger partial charge in [0, 0.05) is 42.3 Å². The zero-order valence-electron chi connectivity index (χ0n) is 19.8. The summed E-state index contributed by atoms with van der Waals surface area (Å²) in [5.41, 5.74) is 6.80. The molecule has 0 saturated carbocycles. The van der Waals surface area contributed by atoms with E-state index in [1.807, 2.05) is 80.8 Å². The number of carbonyl (C=O) groups is 1. The van der Waals surface area contributed by atoms with Crippen LogP contribution in [-0.4, -0.2) is 30.2 Å². The van der Waals surface area contributed by atoms with E-state index in [1.54, 1.807) is 4.68 Å². The Bertz CT molecular complexity index is 1550. The van der Waals surface area contributed by atoms with Gasteiger partial charge in [-0.1, -0.05) is 30.3 Å². The number of benzene rings is 2. The van der Waals surface area contributed by atoms with Gasteiger partial charge in [-0.3, -0.25) is 9.48 Å². The first kappa shape index (κ1) is 21.3. The van der Waals surface area contributed by atoms with Gasteiger partial charge in [-0.2, -0.15) is 5.10 Å². The molecule has 1 N–H and O–H groups in total. The van der Waals surface area contributed by atoms with Crippen molar-refractivity contribution in [2.24, 2.45) is 7.05 Å². The molecule has 0 radical (unpaired) electrons. The maximum absolute atomic E-state index is 13.5. The number of hydrogen-bond acceptors (Lipinski definition) is 4. The molecule has 0 saturated heterocycles. The quantitative estimate of drug-likeness (QED) is 0.388. The number of imidazole rings is 1. The summed E-state index contributed by atoms with van der Waals surface area (Å²) in [6, 6.07) is 19.6. The number of nitrogens with one attached hydrogen (secondary N) is 1. The Balaban J connectivity index is 1.33. The van der Waals surface area contributed by atoms with Crippen LogP contribution < -0.4 is 5.32 Å². The van der Waals surface area contributed by atoms with E-state index in [-0.39, 0.29) is 5.91 Å². The molecule has 0 bridgehead atoms. The normalized spacial score (nSPS) is 13.1. The molecule has 0 spiro atoms. The van der Waals surface area contributed by atoms with Gasteiger partial charge in [0.25, 0.3) is 5.91 Å². The molecule has 5 aromatic rings. The lowest BCUT2D eigenvalue weighted by atomic mass is 10.0. The molecular formula is C28H26N6O. The molecule has 1 amide bonds. The Hall–Kier alpha value is -4.26. The van der Waals surface area contributed by atoms with E-state index in [9.17, 15) is 4.79 Å². The molecule has 35 heavy (non-hydrogen) atoms. The van der Waals surface area contributed by atoms with Crippen LogP contribution in [0.1, 0.15) is 34.6 Å². The molecule has 174 valence electrons. The van der Waals surface area contributed by atoms with E-state index in [1.165, 1.54) is 18.5 Å². The standard InChI is InChI=1S/C28H26N6O/c1-18-25-23(16-24(19-8-4-3-5-9-19)31-27(25)33(2)32-18)28(35)30-21-13-11-20(12-14-21)26-29-17-22-10-6-7-15-34(22)26/h3-5,8-9,11-14,16-17H,6-7,10,15H2,1-2H3,(H,30,35). The average Bonchev–Trinajstić information content (AvgIpc) is 3.45. The van der Waals surface area contributed by atoms with Crippen LogP contribution >= 0.6 is 0 Å². The topological polar surface area (TPSA) is 77.6 Å². The predicted molar refractivity (Wildman–Crippen MR) is 137 cm³/mol. The number of aryl methyl sites for hydroxylation is 3. The lowest BCUT2D eigenvalue weighted by Gasteiger charge is -2.16. The monoisotopic (exact) mass is 462 g/mol. The summed E-state index contributed by atoms with van der Waals surface area (Å²) in [5, 5.41) is 8.35. The van der Waals surface area contributed by atoms with Crippen molar-refractivity contribution in [2.45, 2.75) is 32.7 Å². The molecule has 6 rings (SSSR count). The number of nitrogens with zero attached hydrogens (tertiary/aromatic N) is 5. The molecule has 0 unspecified atom stereocenters. The highest BCUT2D eigenvalue weighted by atomic mass is 16.1. The molecule has 1 aliphatic rings. The second kappa shape index (κ2) is 8.51. The number of hydrogen-bond donors (Lipinski definition) is 1. The van der Waals surface area contributed by atoms with Gasteiger partial charge in [0.1, 0.15) is 5.82 Å². The molecular weight excluding hydrogens is 436 g/mol. The van der Waals surface area contributed by atoms with Crippen molar-refractivity contribution in [1.82, 2.24) is 24.3 Å². The Labute approximate surface area is 203 Å². The molecule has 0 fully saturated rings. The van der Waals surface area contributed by atoms with Crippen LogP contribution in [0.5, 0.6) is 0 Å². The summed E-state index contributed by atoms with van der Waals surface area (Å²) in [6.45, 7) is 2.92. The number of pyridine rings is 1. The van der Waals surface area contributed by atoms with E-state index in [0.29, 0.717) is 11.2 Å². The Morgan fingerprint density at radius 2 is 1.80 bits per heavy atom. The van der Waals surface area contributed by atoms with Gasteiger partial charge >= 0.3 is 0 Å². The van der Waals surface area contributed by atoms with E-state index in [4.69, 9.17) is 4.98 Å². The Morgan fingerprint density at radius 1 is 1.00 bits per heavy atom. The highest BCUT2D eigenvalue weighted by Crippen LogP contribution is 2.29. The summed E-state index contributed by atoms with van der Waals surface area (Å²) < 4.78 is 4.04. The van der Waals surface area contributed by atoms with Gasteiger partial charge in [0.2, 0.25) is 0 Å². The van der Waals surface area contributed by atoms with Gasteiger partial charge in [0.05, 0.1) is 22.3 Å². The Kier molecular flexibility index (Phi) is 5.17. The average molecular weight is 463 g/mol. The summed E-state index contributed by atoms with van der Waals surface area (Å²) in [5.74, 6) is 0.809. The fourth-order valence-electron chi connectivity index (χ4n) is 4.95. The number of amides is 1. The van der Waals surface area contributed by atoms with Crippen LogP contribution in [0, 0.1) is 6.92 Å². The molecule has 7 nitrogen and oxygen atoms in total. The van der Waals surface area contributed by atoms with E-state index < -0.39 is 0 Å². The molecule has 2 aromatic carbocycles. The predicted octanol–water partition coefficient (Wildman–Crippen LogP) is 5.40. The molecule has 3 aromatic heterocycles. The number of rotatable bonds is 4. The molecule has 4 heterocycles. The van der Waals surface area contributed by atoms with Crippen LogP contribution in [0.15, 0.2) is 66.9 Å². The van der Waals surface area contributed by atoms with Crippen LogP contribution in [0.4, 0.5) is 5.69 Å². The lowest BCUT2D eigenvalue weighted by molar-refractivity contribution is 0.102. The zero-order valence-corrected chi connectivity index (χ0v) is 19.8. The highest BCUT2D eigenvalue weighted by Gasteiger charge is 2.20. The molecule has 0 aliphatic carbocycles. The molecule has 7 heteroatoms. The maximum Gasteiger partial charge on any atom is 0.256 e. The van der Waals surface area contributed by atoms with Crippen molar-refractivity contribution in [2.75, 3.05) is 5.32 Å². The summed E-state index contributed by atoms with van der Waals surface area (Å²) in [6.07, 6.45) is 5.48. The fourth-order valence-corrected chi connectivity index (χ4v) is 4.95. The minimum atomic E-state index is -0.184. The van der Waals surface area contributed by atoms with Crippen molar-refractivity contribution < 1.29 is 4.79 Å². The van der Waals surface area contributed by atoms with Crippen LogP contribution in [-0.2, 0) is 20.0 Å². The number of aromatic nitrogens is 5. The maximum atomic E-state index is 13.5. The van der Waals surface area contributed by atoms with Crippen molar-refractivity contribution >= 4 is 22.6 Å². The number of carbonyl (C=O) groups excluding carboxylic acids is 1. The minimum Gasteiger partial charge on any atom is -0.328 e. The van der Waals surface area contributed by atoms with Crippen molar-refractivity contribution in [3.63, 3.8) is 0 Å². The van der Waals surface area contributed by atoms with Gasteiger partial charge in [-0.05, 0) is 56.5 Å². The summed E-state index contributed by atoms with van der Waals surface area (Å²) >= 11 is 0. The third kappa shape index (κ3) is 3.79. The smallest absolute Gasteiger partial charge is 0.256 e. The van der Waals surface area contributed by atoms with Crippen molar-refractivity contribution in [3.05, 3.63) is 83.8 Å². The largest absolute Gasteiger partial charge is 0.328 e. The van der Waals surface area contributed by atoms with Gasteiger partial charge in [0.15, 0.2) is 5.65 Å². The SMILES string of the molecule is Cc1nn(C)c2nc(-c3ccccc3)cc(C(=O)Nc3ccc(-c4ncc5n4CCCC5)cc3)c12. The number of anilines is 1.